The monoisotopic (exact) mass is 406 g/mol. The van der Waals surface area contributed by atoms with Gasteiger partial charge in [0, 0.05) is 36.3 Å². The van der Waals surface area contributed by atoms with Crippen molar-refractivity contribution in [3.05, 3.63) is 66.1 Å². The first kappa shape index (κ1) is 20.9. The van der Waals surface area contributed by atoms with Crippen LogP contribution in [0.1, 0.15) is 23.0 Å². The number of carbonyl (C=O) groups is 2. The zero-order chi connectivity index (χ0) is 21.5. The highest BCUT2D eigenvalue weighted by molar-refractivity contribution is 5.94. The lowest BCUT2D eigenvalue weighted by molar-refractivity contribution is -0.120. The number of hydrogen-bond acceptors (Lipinski definition) is 7. The maximum Gasteiger partial charge on any atom is 0.357 e. The van der Waals surface area contributed by atoms with E-state index in [0.29, 0.717) is 11.1 Å². The van der Waals surface area contributed by atoms with Crippen molar-refractivity contribution in [3.8, 4) is 17.3 Å². The number of nitrogens with zero attached hydrogens (tertiary/aromatic N) is 4. The molecule has 0 N–H and O–H groups in total. The molecule has 0 saturated carbocycles. The van der Waals surface area contributed by atoms with Gasteiger partial charge in [-0.15, -0.1) is 0 Å². The van der Waals surface area contributed by atoms with Gasteiger partial charge >= 0.3 is 5.97 Å². The second kappa shape index (κ2) is 9.60. The summed E-state index contributed by atoms with van der Waals surface area (Å²) in [7, 11) is 1.67. The number of likely N-dealkylation sites (N-methyl/N-ethyl adjacent to an activating group) is 1. The number of rotatable bonds is 7. The summed E-state index contributed by atoms with van der Waals surface area (Å²) < 4.78 is 10.8. The molecule has 0 radical (unpaired) electrons. The van der Waals surface area contributed by atoms with Crippen LogP contribution in [0.25, 0.3) is 11.4 Å². The van der Waals surface area contributed by atoms with Gasteiger partial charge in [-0.3, -0.25) is 9.78 Å². The van der Waals surface area contributed by atoms with Crippen molar-refractivity contribution in [1.82, 2.24) is 15.0 Å². The van der Waals surface area contributed by atoms with E-state index in [-0.39, 0.29) is 36.5 Å². The molecule has 1 aromatic carbocycles. The van der Waals surface area contributed by atoms with Crippen molar-refractivity contribution in [3.63, 3.8) is 0 Å². The summed E-state index contributed by atoms with van der Waals surface area (Å²) in [5, 5.41) is 0. The average molecular weight is 406 g/mol. The van der Waals surface area contributed by atoms with E-state index in [1.54, 1.807) is 45.4 Å². The molecule has 8 heteroatoms. The normalized spacial score (nSPS) is 10.4. The molecule has 0 bridgehead atoms. The third-order valence-electron chi connectivity index (χ3n) is 4.36. The molecule has 30 heavy (non-hydrogen) atoms. The minimum atomic E-state index is -0.578. The zero-order valence-corrected chi connectivity index (χ0v) is 17.0. The summed E-state index contributed by atoms with van der Waals surface area (Å²) in [6, 6.07) is 12.7. The number of anilines is 1. The lowest BCUT2D eigenvalue weighted by Crippen LogP contribution is -2.31. The molecule has 0 aliphatic carbocycles. The predicted molar refractivity (Wildman–Crippen MR) is 111 cm³/mol. The highest BCUT2D eigenvalue weighted by Crippen LogP contribution is 2.24. The van der Waals surface area contributed by atoms with Crippen LogP contribution in [0.4, 0.5) is 5.69 Å². The molecule has 0 spiro atoms. The topological polar surface area (TPSA) is 94.5 Å². The number of aromatic nitrogens is 3. The van der Waals surface area contributed by atoms with Crippen molar-refractivity contribution in [2.45, 2.75) is 13.8 Å². The fraction of sp³-hybridized carbons (Fsp3) is 0.227. The van der Waals surface area contributed by atoms with Crippen LogP contribution in [0.5, 0.6) is 5.88 Å². The first-order valence-corrected chi connectivity index (χ1v) is 9.41. The Morgan fingerprint density at radius 1 is 1.03 bits per heavy atom. The third kappa shape index (κ3) is 4.78. The number of esters is 1. The van der Waals surface area contributed by atoms with E-state index in [9.17, 15) is 9.59 Å². The van der Waals surface area contributed by atoms with Crippen molar-refractivity contribution in [2.75, 3.05) is 25.2 Å². The molecule has 8 nitrogen and oxygen atoms in total. The Morgan fingerprint density at radius 3 is 2.40 bits per heavy atom. The summed E-state index contributed by atoms with van der Waals surface area (Å²) in [5.74, 6) is -0.410. The van der Waals surface area contributed by atoms with E-state index in [0.717, 1.165) is 5.69 Å². The van der Waals surface area contributed by atoms with Crippen LogP contribution < -0.4 is 9.64 Å². The molecular weight excluding hydrogens is 384 g/mol. The van der Waals surface area contributed by atoms with Crippen LogP contribution in [-0.4, -0.2) is 47.1 Å². The molecule has 0 atom stereocenters. The van der Waals surface area contributed by atoms with Gasteiger partial charge < -0.3 is 14.4 Å². The van der Waals surface area contributed by atoms with Gasteiger partial charge in [-0.2, -0.15) is 4.98 Å². The molecule has 0 aliphatic rings. The van der Waals surface area contributed by atoms with Gasteiger partial charge in [-0.25, -0.2) is 9.78 Å². The maximum absolute atomic E-state index is 12.6. The lowest BCUT2D eigenvalue weighted by Gasteiger charge is -2.18. The molecule has 0 saturated heterocycles. The second-order valence-corrected chi connectivity index (χ2v) is 6.36. The standard InChI is InChI=1S/C22H22N4O4/c1-4-29-22(28)19-15(2)21(25-20(24-19)16-10-12-23-13-11-16)30-14-18(27)26(3)17-8-6-5-7-9-17/h5-13H,4,14H2,1-3H3. The lowest BCUT2D eigenvalue weighted by atomic mass is 10.2. The smallest absolute Gasteiger partial charge is 0.357 e. The highest BCUT2D eigenvalue weighted by Gasteiger charge is 2.21. The van der Waals surface area contributed by atoms with Crippen LogP contribution >= 0.6 is 0 Å². The summed E-state index contributed by atoms with van der Waals surface area (Å²) in [6.45, 7) is 3.34. The van der Waals surface area contributed by atoms with E-state index in [1.807, 2.05) is 30.3 Å². The molecule has 1 amide bonds. The summed E-state index contributed by atoms with van der Waals surface area (Å²) in [4.78, 5) is 39.2. The van der Waals surface area contributed by atoms with Gasteiger partial charge in [0.2, 0.25) is 5.88 Å². The Hall–Kier alpha value is -3.81. The molecule has 154 valence electrons. The molecule has 3 rings (SSSR count). The number of benzene rings is 1. The summed E-state index contributed by atoms with van der Waals surface area (Å²) in [5.41, 5.74) is 1.90. The number of amides is 1. The second-order valence-electron chi connectivity index (χ2n) is 6.36. The summed E-state index contributed by atoms with van der Waals surface area (Å²) in [6.07, 6.45) is 3.20. The molecule has 0 aliphatic heterocycles. The highest BCUT2D eigenvalue weighted by atomic mass is 16.5. The first-order valence-electron chi connectivity index (χ1n) is 9.41. The van der Waals surface area contributed by atoms with Crippen molar-refractivity contribution in [1.29, 1.82) is 0 Å². The molecule has 0 unspecified atom stereocenters. The SMILES string of the molecule is CCOC(=O)c1nc(-c2ccncc2)nc(OCC(=O)N(C)c2ccccc2)c1C. The molecule has 0 fully saturated rings. The maximum atomic E-state index is 12.6. The molecule has 2 heterocycles. The van der Waals surface area contributed by atoms with E-state index in [4.69, 9.17) is 9.47 Å². The Labute approximate surface area is 174 Å². The van der Waals surface area contributed by atoms with Crippen molar-refractivity contribution in [2.24, 2.45) is 0 Å². The number of carbonyl (C=O) groups excluding carboxylic acids is 2. The van der Waals surface area contributed by atoms with Gasteiger partial charge in [0.05, 0.1) is 6.61 Å². The van der Waals surface area contributed by atoms with E-state index in [1.165, 1.54) is 4.90 Å². The Bertz CT molecular complexity index is 1030. The fourth-order valence-corrected chi connectivity index (χ4v) is 2.69. The Morgan fingerprint density at radius 2 is 1.73 bits per heavy atom. The minimum absolute atomic E-state index is 0.0949. The Kier molecular flexibility index (Phi) is 6.69. The predicted octanol–water partition coefficient (Wildman–Crippen LogP) is 3.07. The molecule has 3 aromatic rings. The van der Waals surface area contributed by atoms with Crippen LogP contribution in [-0.2, 0) is 9.53 Å². The number of pyridine rings is 1. The van der Waals surface area contributed by atoms with Crippen LogP contribution in [0.3, 0.4) is 0 Å². The molecular formula is C22H22N4O4. The zero-order valence-electron chi connectivity index (χ0n) is 17.0. The van der Waals surface area contributed by atoms with Gasteiger partial charge in [0.25, 0.3) is 5.91 Å². The van der Waals surface area contributed by atoms with E-state index < -0.39 is 5.97 Å². The Balaban J connectivity index is 1.88. The largest absolute Gasteiger partial charge is 0.467 e. The summed E-state index contributed by atoms with van der Waals surface area (Å²) >= 11 is 0. The third-order valence-corrected chi connectivity index (χ3v) is 4.36. The van der Waals surface area contributed by atoms with Gasteiger partial charge in [-0.1, -0.05) is 18.2 Å². The van der Waals surface area contributed by atoms with Gasteiger partial charge in [-0.05, 0) is 38.1 Å². The van der Waals surface area contributed by atoms with E-state index in [2.05, 4.69) is 15.0 Å². The molecule has 2 aromatic heterocycles. The van der Waals surface area contributed by atoms with Crippen LogP contribution in [0.2, 0.25) is 0 Å². The first-order chi connectivity index (χ1) is 14.5. The van der Waals surface area contributed by atoms with Crippen molar-refractivity contribution >= 4 is 17.6 Å². The van der Waals surface area contributed by atoms with E-state index >= 15 is 0 Å². The van der Waals surface area contributed by atoms with Crippen LogP contribution in [0, 0.1) is 6.92 Å². The van der Waals surface area contributed by atoms with Crippen molar-refractivity contribution < 1.29 is 19.1 Å². The van der Waals surface area contributed by atoms with Gasteiger partial charge in [0.1, 0.15) is 0 Å². The van der Waals surface area contributed by atoms with Crippen LogP contribution in [0.15, 0.2) is 54.9 Å². The number of hydrogen-bond donors (Lipinski definition) is 0. The van der Waals surface area contributed by atoms with Gasteiger partial charge in [0.15, 0.2) is 18.1 Å². The minimum Gasteiger partial charge on any atom is -0.467 e. The fourth-order valence-electron chi connectivity index (χ4n) is 2.69. The number of para-hydroxylation sites is 1. The quantitative estimate of drug-likeness (QED) is 0.557. The number of ether oxygens (including phenoxy) is 2. The average Bonchev–Trinajstić information content (AvgIpc) is 2.79.